The van der Waals surface area contributed by atoms with Gasteiger partial charge in [-0.05, 0) is 36.5 Å². The zero-order valence-corrected chi connectivity index (χ0v) is 10.6. The molecular formula is C14H19N3. The molecule has 0 fully saturated rings. The molecule has 0 aliphatic rings. The van der Waals surface area contributed by atoms with Crippen molar-refractivity contribution >= 4 is 11.4 Å². The molecule has 0 amide bonds. The van der Waals surface area contributed by atoms with Crippen molar-refractivity contribution in [2.45, 2.75) is 6.92 Å². The van der Waals surface area contributed by atoms with Crippen LogP contribution < -0.4 is 10.6 Å². The largest absolute Gasteiger partial charge is 0.394 e. The van der Waals surface area contributed by atoms with Crippen LogP contribution in [0.2, 0.25) is 0 Å². The molecule has 3 heteroatoms. The summed E-state index contributed by atoms with van der Waals surface area (Å²) in [6.45, 7) is 5.72. The van der Waals surface area contributed by atoms with Gasteiger partial charge in [-0.2, -0.15) is 0 Å². The second-order valence-electron chi connectivity index (χ2n) is 3.62. The Kier molecular flexibility index (Phi) is 5.01. The van der Waals surface area contributed by atoms with Crippen molar-refractivity contribution in [3.05, 3.63) is 54.4 Å². The van der Waals surface area contributed by atoms with E-state index in [-0.39, 0.29) is 0 Å². The normalized spacial score (nSPS) is 12.2. The van der Waals surface area contributed by atoms with E-state index < -0.39 is 0 Å². The van der Waals surface area contributed by atoms with Gasteiger partial charge in [-0.3, -0.25) is 4.99 Å². The zero-order valence-electron chi connectivity index (χ0n) is 10.6. The summed E-state index contributed by atoms with van der Waals surface area (Å²) in [5, 5.41) is 6.06. The van der Waals surface area contributed by atoms with Gasteiger partial charge in [-0.15, -0.1) is 0 Å². The Morgan fingerprint density at radius 2 is 2.06 bits per heavy atom. The molecule has 1 rings (SSSR count). The highest BCUT2D eigenvalue weighted by Gasteiger charge is 2.02. The Hall–Kier alpha value is -2.03. The minimum atomic E-state index is 0.819. The van der Waals surface area contributed by atoms with E-state index in [1.165, 1.54) is 11.1 Å². The lowest BCUT2D eigenvalue weighted by atomic mass is 10.0. The summed E-state index contributed by atoms with van der Waals surface area (Å²) >= 11 is 0. The summed E-state index contributed by atoms with van der Waals surface area (Å²) in [5.74, 6) is 0.819. The van der Waals surface area contributed by atoms with Crippen molar-refractivity contribution in [3.8, 4) is 0 Å². The molecule has 0 spiro atoms. The van der Waals surface area contributed by atoms with Crippen LogP contribution in [0.15, 0.2) is 48.2 Å². The summed E-state index contributed by atoms with van der Waals surface area (Å²) in [4.78, 5) is 4.19. The Bertz CT molecular complexity index is 445. The van der Waals surface area contributed by atoms with Gasteiger partial charge in [-0.25, -0.2) is 0 Å². The van der Waals surface area contributed by atoms with Crippen molar-refractivity contribution in [1.82, 2.24) is 10.6 Å². The number of nitrogens with zero attached hydrogens (tertiary/aromatic N) is 1. The Morgan fingerprint density at radius 3 is 2.65 bits per heavy atom. The van der Waals surface area contributed by atoms with Crippen LogP contribution in [0.3, 0.4) is 0 Å². The molecule has 0 saturated carbocycles. The van der Waals surface area contributed by atoms with Gasteiger partial charge in [0.05, 0.1) is 0 Å². The predicted molar refractivity (Wildman–Crippen MR) is 74.9 cm³/mol. The molecule has 0 saturated heterocycles. The summed E-state index contributed by atoms with van der Waals surface area (Å²) in [6.07, 6.45) is 3.61. The molecule has 0 aliphatic heterocycles. The fourth-order valence-corrected chi connectivity index (χ4v) is 1.59. The van der Waals surface area contributed by atoms with E-state index in [9.17, 15) is 0 Å². The fourth-order valence-electron chi connectivity index (χ4n) is 1.59. The highest BCUT2D eigenvalue weighted by atomic mass is 15.0. The molecule has 3 nitrogen and oxygen atoms in total. The third-order valence-corrected chi connectivity index (χ3v) is 2.41. The standard InChI is InChI=1S/C14H19N3/c1-5-17-14(16-4)13-8-6-7-12(9-13)11(2)10-15-3/h5-10,15H,1H2,2-4H3,(H,16,17)/b11-10+. The van der Waals surface area contributed by atoms with Crippen LogP contribution in [0, 0.1) is 0 Å². The lowest BCUT2D eigenvalue weighted by Gasteiger charge is -2.08. The van der Waals surface area contributed by atoms with Crippen molar-refractivity contribution in [1.29, 1.82) is 0 Å². The van der Waals surface area contributed by atoms with E-state index in [2.05, 4.69) is 41.3 Å². The smallest absolute Gasteiger partial charge is 0.131 e. The van der Waals surface area contributed by atoms with Crippen LogP contribution in [0.25, 0.3) is 5.57 Å². The number of hydrogen-bond acceptors (Lipinski definition) is 2. The first-order valence-corrected chi connectivity index (χ1v) is 5.52. The van der Waals surface area contributed by atoms with Crippen molar-refractivity contribution in [3.63, 3.8) is 0 Å². The minimum absolute atomic E-state index is 0.819. The molecule has 0 aromatic heterocycles. The fraction of sp³-hybridized carbons (Fsp3) is 0.214. The second kappa shape index (κ2) is 6.53. The highest BCUT2D eigenvalue weighted by molar-refractivity contribution is 5.99. The van der Waals surface area contributed by atoms with Gasteiger partial charge in [0.2, 0.25) is 0 Å². The molecule has 0 bridgehead atoms. The van der Waals surface area contributed by atoms with Crippen LogP contribution in [0.1, 0.15) is 18.1 Å². The first-order chi connectivity index (χ1) is 8.22. The number of benzene rings is 1. The van der Waals surface area contributed by atoms with E-state index in [4.69, 9.17) is 0 Å². The van der Waals surface area contributed by atoms with Gasteiger partial charge in [-0.1, -0.05) is 24.8 Å². The van der Waals surface area contributed by atoms with Crippen LogP contribution in [0.5, 0.6) is 0 Å². The molecule has 0 aliphatic carbocycles. The van der Waals surface area contributed by atoms with Crippen molar-refractivity contribution < 1.29 is 0 Å². The molecular weight excluding hydrogens is 210 g/mol. The summed E-state index contributed by atoms with van der Waals surface area (Å²) in [7, 11) is 3.65. The first-order valence-electron chi connectivity index (χ1n) is 5.52. The lowest BCUT2D eigenvalue weighted by Crippen LogP contribution is -2.18. The number of amidine groups is 1. The van der Waals surface area contributed by atoms with E-state index in [0.29, 0.717) is 0 Å². The van der Waals surface area contributed by atoms with E-state index in [1.807, 2.05) is 25.4 Å². The molecule has 17 heavy (non-hydrogen) atoms. The average Bonchev–Trinajstić information content (AvgIpc) is 2.36. The highest BCUT2D eigenvalue weighted by Crippen LogP contribution is 2.14. The quantitative estimate of drug-likeness (QED) is 0.614. The van der Waals surface area contributed by atoms with Crippen molar-refractivity contribution in [2.24, 2.45) is 4.99 Å². The van der Waals surface area contributed by atoms with Crippen LogP contribution in [-0.4, -0.2) is 19.9 Å². The number of aliphatic imine (C=N–C) groups is 1. The van der Waals surface area contributed by atoms with Gasteiger partial charge in [0.25, 0.3) is 0 Å². The molecule has 0 radical (unpaired) electrons. The third kappa shape index (κ3) is 3.48. The average molecular weight is 229 g/mol. The number of hydrogen-bond donors (Lipinski definition) is 2. The Balaban J connectivity index is 3.08. The van der Waals surface area contributed by atoms with Crippen LogP contribution >= 0.6 is 0 Å². The molecule has 0 heterocycles. The minimum Gasteiger partial charge on any atom is -0.394 e. The van der Waals surface area contributed by atoms with Gasteiger partial charge in [0, 0.05) is 19.7 Å². The number of rotatable bonds is 4. The zero-order chi connectivity index (χ0) is 12.7. The van der Waals surface area contributed by atoms with E-state index >= 15 is 0 Å². The summed E-state index contributed by atoms with van der Waals surface area (Å²) < 4.78 is 0. The predicted octanol–water partition coefficient (Wildman–Crippen LogP) is 2.38. The molecule has 2 N–H and O–H groups in total. The second-order valence-corrected chi connectivity index (χ2v) is 3.62. The Labute approximate surface area is 103 Å². The summed E-state index contributed by atoms with van der Waals surface area (Å²) in [6, 6.07) is 8.22. The first kappa shape index (κ1) is 13.0. The summed E-state index contributed by atoms with van der Waals surface area (Å²) in [5.41, 5.74) is 3.40. The maximum atomic E-state index is 4.19. The van der Waals surface area contributed by atoms with Crippen molar-refractivity contribution in [2.75, 3.05) is 14.1 Å². The van der Waals surface area contributed by atoms with E-state index in [0.717, 1.165) is 11.4 Å². The molecule has 1 aromatic carbocycles. The Morgan fingerprint density at radius 1 is 1.35 bits per heavy atom. The van der Waals surface area contributed by atoms with E-state index in [1.54, 1.807) is 13.2 Å². The van der Waals surface area contributed by atoms with Gasteiger partial charge < -0.3 is 10.6 Å². The van der Waals surface area contributed by atoms with Gasteiger partial charge >= 0.3 is 0 Å². The topological polar surface area (TPSA) is 36.4 Å². The third-order valence-electron chi connectivity index (χ3n) is 2.41. The number of nitrogens with one attached hydrogen (secondary N) is 2. The lowest BCUT2D eigenvalue weighted by molar-refractivity contribution is 1.10. The molecule has 90 valence electrons. The molecule has 0 atom stereocenters. The van der Waals surface area contributed by atoms with Gasteiger partial charge in [0.15, 0.2) is 0 Å². The van der Waals surface area contributed by atoms with Gasteiger partial charge in [0.1, 0.15) is 5.84 Å². The molecule has 0 unspecified atom stereocenters. The molecule has 1 aromatic rings. The van der Waals surface area contributed by atoms with Crippen LogP contribution in [-0.2, 0) is 0 Å². The monoisotopic (exact) mass is 229 g/mol. The number of allylic oxidation sites excluding steroid dienone is 1. The maximum Gasteiger partial charge on any atom is 0.131 e. The SMILES string of the molecule is C=CNC(=NC)c1cccc(/C(C)=C/NC)c1. The van der Waals surface area contributed by atoms with Crippen LogP contribution in [0.4, 0.5) is 0 Å². The maximum absolute atomic E-state index is 4.19.